The molecule has 0 saturated carbocycles. The molecule has 0 aliphatic carbocycles. The molecule has 0 nitrogen and oxygen atoms in total. The monoisotopic (exact) mass is 834 g/mol. The third-order valence-electron chi connectivity index (χ3n) is 10.9. The molecule has 60 heavy (non-hydrogen) atoms. The summed E-state index contributed by atoms with van der Waals surface area (Å²) in [4.78, 5) is 0. The Hall–Kier alpha value is -5.91. The second-order valence-electron chi connectivity index (χ2n) is 15.9. The third-order valence-corrected chi connectivity index (χ3v) is 12.1. The zero-order valence-corrected chi connectivity index (χ0v) is 37.8. The Kier molecular flexibility index (Phi) is 12.5. The highest BCUT2D eigenvalue weighted by Gasteiger charge is 2.26. The topological polar surface area (TPSA) is 0 Å². The first-order valence-corrected chi connectivity index (χ1v) is 21.1. The quantitative estimate of drug-likeness (QED) is 0.156. The van der Waals surface area contributed by atoms with Crippen LogP contribution in [0.5, 0.6) is 0 Å². The zero-order chi connectivity index (χ0) is 42.8. The molecule has 7 rings (SSSR count). The number of benzene rings is 7. The van der Waals surface area contributed by atoms with Crippen LogP contribution in [-0.4, -0.2) is 0 Å². The largest absolute Gasteiger partial charge is 0.0829 e. The van der Waals surface area contributed by atoms with Crippen LogP contribution in [0.3, 0.4) is 0 Å². The lowest BCUT2D eigenvalue weighted by atomic mass is 9.87. The average molecular weight is 836 g/mol. The molecule has 3 heteroatoms. The summed E-state index contributed by atoms with van der Waals surface area (Å²) in [7, 11) is 0. The van der Waals surface area contributed by atoms with Crippen molar-refractivity contribution in [3.63, 3.8) is 0 Å². The van der Waals surface area contributed by atoms with Gasteiger partial charge in [0.05, 0.1) is 15.1 Å². The van der Waals surface area contributed by atoms with Crippen LogP contribution < -0.4 is 0 Å². The summed E-state index contributed by atoms with van der Waals surface area (Å²) in [5, 5.41) is 1.45. The SMILES string of the molecule is Cc1ccc(C#Cc2c(C)cc(-c3c(Cl)c(-c4cc(C)c(C#Cc5ccc(C)cc5)c(C)c4)c(Cl)c(-c4cc(C)c(C#Cc5ccc(C)cc5)c(C)c4)c3Cl)cc2C)cc1. The van der Waals surface area contributed by atoms with Crippen LogP contribution in [-0.2, 0) is 0 Å². The maximum atomic E-state index is 7.60. The van der Waals surface area contributed by atoms with E-state index in [1.54, 1.807) is 0 Å². The first kappa shape index (κ1) is 42.2. The van der Waals surface area contributed by atoms with Crippen LogP contribution in [0.25, 0.3) is 33.4 Å². The Morgan fingerprint density at radius 2 is 0.483 bits per heavy atom. The van der Waals surface area contributed by atoms with Gasteiger partial charge in [-0.05, 0) is 149 Å². The van der Waals surface area contributed by atoms with E-state index in [9.17, 15) is 0 Å². The zero-order valence-electron chi connectivity index (χ0n) is 35.5. The summed E-state index contributed by atoms with van der Waals surface area (Å²) in [5.41, 5.74) is 20.4. The normalized spacial score (nSPS) is 10.6. The van der Waals surface area contributed by atoms with Gasteiger partial charge in [-0.3, -0.25) is 0 Å². The highest BCUT2D eigenvalue weighted by molar-refractivity contribution is 6.48. The summed E-state index contributed by atoms with van der Waals surface area (Å²) >= 11 is 22.8. The molecule has 7 aromatic rings. The average Bonchev–Trinajstić information content (AvgIpc) is 3.19. The molecule has 0 amide bonds. The van der Waals surface area contributed by atoms with Gasteiger partial charge in [0.15, 0.2) is 0 Å². The molecule has 0 atom stereocenters. The van der Waals surface area contributed by atoms with Crippen molar-refractivity contribution in [2.45, 2.75) is 62.3 Å². The van der Waals surface area contributed by atoms with Gasteiger partial charge in [0.1, 0.15) is 0 Å². The molecule has 0 N–H and O–H groups in total. The first-order chi connectivity index (χ1) is 28.7. The molecule has 0 fully saturated rings. The van der Waals surface area contributed by atoms with E-state index in [0.29, 0.717) is 31.8 Å². The fourth-order valence-electron chi connectivity index (χ4n) is 7.65. The molecule has 294 valence electrons. The van der Waals surface area contributed by atoms with Gasteiger partial charge in [-0.15, -0.1) is 0 Å². The van der Waals surface area contributed by atoms with Gasteiger partial charge in [-0.1, -0.05) is 160 Å². The van der Waals surface area contributed by atoms with E-state index in [-0.39, 0.29) is 0 Å². The van der Waals surface area contributed by atoms with Crippen molar-refractivity contribution in [2.75, 3.05) is 0 Å². The number of aryl methyl sites for hydroxylation is 9. The number of hydrogen-bond donors (Lipinski definition) is 0. The first-order valence-electron chi connectivity index (χ1n) is 20.0. The van der Waals surface area contributed by atoms with Crippen LogP contribution in [0.2, 0.25) is 15.1 Å². The van der Waals surface area contributed by atoms with Crippen LogP contribution >= 0.6 is 34.8 Å². The Bertz CT molecular complexity index is 2600. The van der Waals surface area contributed by atoms with Crippen molar-refractivity contribution in [2.24, 2.45) is 0 Å². The van der Waals surface area contributed by atoms with Gasteiger partial charge in [0, 0.05) is 50.1 Å². The molecule has 0 bridgehead atoms. The van der Waals surface area contributed by atoms with Gasteiger partial charge in [0.2, 0.25) is 0 Å². The maximum Gasteiger partial charge on any atom is 0.0593 e. The third kappa shape index (κ3) is 8.97. The summed E-state index contributed by atoms with van der Waals surface area (Å²) in [6.07, 6.45) is 0. The second-order valence-corrected chi connectivity index (χ2v) is 17.0. The fourth-order valence-corrected chi connectivity index (χ4v) is 9.02. The molecular weight excluding hydrogens is 791 g/mol. The lowest BCUT2D eigenvalue weighted by Gasteiger charge is -2.22. The summed E-state index contributed by atoms with van der Waals surface area (Å²) in [6, 6.07) is 37.6. The van der Waals surface area contributed by atoms with Crippen LogP contribution in [0, 0.1) is 97.8 Å². The van der Waals surface area contributed by atoms with Crippen LogP contribution in [0.15, 0.2) is 109 Å². The lowest BCUT2D eigenvalue weighted by Crippen LogP contribution is -1.98. The van der Waals surface area contributed by atoms with Crippen LogP contribution in [0.4, 0.5) is 0 Å². The van der Waals surface area contributed by atoms with Gasteiger partial charge >= 0.3 is 0 Å². The van der Waals surface area contributed by atoms with Crippen molar-refractivity contribution in [3.05, 3.63) is 208 Å². The van der Waals surface area contributed by atoms with Gasteiger partial charge in [-0.2, -0.15) is 0 Å². The van der Waals surface area contributed by atoms with Gasteiger partial charge in [-0.25, -0.2) is 0 Å². The van der Waals surface area contributed by atoms with E-state index in [0.717, 1.165) is 83.5 Å². The van der Waals surface area contributed by atoms with Gasteiger partial charge in [0.25, 0.3) is 0 Å². The van der Waals surface area contributed by atoms with E-state index in [2.05, 4.69) is 207 Å². The van der Waals surface area contributed by atoms with E-state index in [4.69, 9.17) is 34.8 Å². The second kappa shape index (κ2) is 17.7. The molecular formula is C57H45Cl3. The summed E-state index contributed by atoms with van der Waals surface area (Å²) in [6.45, 7) is 18.7. The Labute approximate surface area is 371 Å². The number of rotatable bonds is 3. The minimum atomic E-state index is 0.484. The summed E-state index contributed by atoms with van der Waals surface area (Å²) in [5.74, 6) is 20.4. The Morgan fingerprint density at radius 3 is 0.683 bits per heavy atom. The maximum absolute atomic E-state index is 7.60. The Morgan fingerprint density at radius 1 is 0.283 bits per heavy atom. The molecule has 0 aliphatic rings. The number of hydrogen-bond acceptors (Lipinski definition) is 0. The summed E-state index contributed by atoms with van der Waals surface area (Å²) < 4.78 is 0. The van der Waals surface area contributed by atoms with Crippen molar-refractivity contribution < 1.29 is 0 Å². The minimum absolute atomic E-state index is 0.484. The smallest absolute Gasteiger partial charge is 0.0593 e. The van der Waals surface area contributed by atoms with Crippen LogP contribution in [0.1, 0.15) is 83.5 Å². The van der Waals surface area contributed by atoms with Crippen molar-refractivity contribution >= 4 is 34.8 Å². The molecule has 0 heterocycles. The van der Waals surface area contributed by atoms with E-state index in [1.807, 2.05) is 0 Å². The van der Waals surface area contributed by atoms with E-state index in [1.165, 1.54) is 16.7 Å². The lowest BCUT2D eigenvalue weighted by molar-refractivity contribution is 1.34. The molecule has 0 spiro atoms. The predicted molar refractivity (Wildman–Crippen MR) is 258 cm³/mol. The van der Waals surface area contributed by atoms with Crippen molar-refractivity contribution in [1.29, 1.82) is 0 Å². The standard InChI is InChI=1S/C57H45Cl3/c1-34-10-16-43(17-11-34)22-25-49-37(4)28-46(29-38(49)5)52-55(58)53(47-30-39(6)50(40(7)31-47)26-23-44-18-12-35(2)13-19-44)57(60)54(56(52)59)48-32-41(8)51(42(9)33-48)27-24-45-20-14-36(3)15-21-45/h10-21,28-33H,1-9H3. The molecule has 0 aromatic heterocycles. The van der Waals surface area contributed by atoms with E-state index >= 15 is 0 Å². The predicted octanol–water partition coefficient (Wildman–Crippen LogP) is 15.6. The highest BCUT2D eigenvalue weighted by Crippen LogP contribution is 2.52. The number of halogens is 3. The van der Waals surface area contributed by atoms with Crippen molar-refractivity contribution in [3.8, 4) is 68.9 Å². The molecule has 0 saturated heterocycles. The van der Waals surface area contributed by atoms with Gasteiger partial charge < -0.3 is 0 Å². The molecule has 0 unspecified atom stereocenters. The minimum Gasteiger partial charge on any atom is -0.0829 e. The molecule has 0 radical (unpaired) electrons. The van der Waals surface area contributed by atoms with E-state index < -0.39 is 0 Å². The Balaban J connectivity index is 1.41. The molecule has 7 aromatic carbocycles. The molecule has 0 aliphatic heterocycles. The highest BCUT2D eigenvalue weighted by atomic mass is 35.5. The fraction of sp³-hybridized carbons (Fsp3) is 0.158. The van der Waals surface area contributed by atoms with Crippen molar-refractivity contribution in [1.82, 2.24) is 0 Å².